The van der Waals surface area contributed by atoms with Gasteiger partial charge < -0.3 is 0 Å². The molecule has 1 fully saturated rings. The van der Waals surface area contributed by atoms with Crippen LogP contribution < -0.4 is 5.56 Å². The van der Waals surface area contributed by atoms with Crippen LogP contribution in [0.2, 0.25) is 0 Å². The number of aromatic nitrogens is 3. The molecule has 6 heteroatoms. The van der Waals surface area contributed by atoms with Crippen LogP contribution in [0.3, 0.4) is 0 Å². The molecule has 0 N–H and O–H groups in total. The third-order valence-corrected chi connectivity index (χ3v) is 6.04. The molecular formula is C22H21FN4O. The number of halogens is 1. The number of hydrogen-bond acceptors (Lipinski definition) is 4. The molecule has 1 spiro atoms. The summed E-state index contributed by atoms with van der Waals surface area (Å²) in [6.07, 6.45) is 1.88. The molecule has 1 unspecified atom stereocenters. The molecule has 2 aliphatic rings. The van der Waals surface area contributed by atoms with E-state index in [-0.39, 0.29) is 16.8 Å². The van der Waals surface area contributed by atoms with Gasteiger partial charge in [-0.15, -0.1) is 10.2 Å². The van der Waals surface area contributed by atoms with Crippen LogP contribution in [-0.2, 0) is 18.5 Å². The highest BCUT2D eigenvalue weighted by Gasteiger charge is 2.46. The zero-order valence-electron chi connectivity index (χ0n) is 15.5. The summed E-state index contributed by atoms with van der Waals surface area (Å²) < 4.78 is 15.0. The Balaban J connectivity index is 1.41. The number of fused-ring (bicyclic) bond motifs is 2. The average Bonchev–Trinajstić information content (AvgIpc) is 3.30. The minimum absolute atomic E-state index is 0.0509. The Bertz CT molecular complexity index is 1060. The molecule has 2 aliphatic heterocycles. The van der Waals surface area contributed by atoms with E-state index in [0.29, 0.717) is 12.2 Å². The monoisotopic (exact) mass is 376 g/mol. The van der Waals surface area contributed by atoms with Gasteiger partial charge in [0.15, 0.2) is 5.69 Å². The van der Waals surface area contributed by atoms with Gasteiger partial charge in [0.05, 0.1) is 0 Å². The maximum atomic E-state index is 13.1. The van der Waals surface area contributed by atoms with Gasteiger partial charge in [-0.1, -0.05) is 42.5 Å². The molecular weight excluding hydrogens is 355 g/mol. The van der Waals surface area contributed by atoms with Crippen LogP contribution in [0.1, 0.15) is 24.2 Å². The maximum absolute atomic E-state index is 13.1. The number of rotatable bonds is 3. The molecule has 0 aliphatic carbocycles. The van der Waals surface area contributed by atoms with Gasteiger partial charge in [0.2, 0.25) is 0 Å². The van der Waals surface area contributed by atoms with Crippen molar-refractivity contribution in [3.8, 4) is 11.3 Å². The van der Waals surface area contributed by atoms with Crippen LogP contribution in [0.4, 0.5) is 4.39 Å². The molecule has 3 heterocycles. The lowest BCUT2D eigenvalue weighted by atomic mass is 9.85. The van der Waals surface area contributed by atoms with Crippen LogP contribution in [0.5, 0.6) is 0 Å². The van der Waals surface area contributed by atoms with Crippen molar-refractivity contribution >= 4 is 0 Å². The lowest BCUT2D eigenvalue weighted by Gasteiger charge is -2.23. The number of nitrogens with zero attached hydrogens (tertiary/aromatic N) is 4. The smallest absolute Gasteiger partial charge is 0.280 e. The predicted octanol–water partition coefficient (Wildman–Crippen LogP) is 2.99. The zero-order valence-corrected chi connectivity index (χ0v) is 15.5. The van der Waals surface area contributed by atoms with Crippen molar-refractivity contribution in [2.24, 2.45) is 0 Å². The Hall–Kier alpha value is -2.86. The first kappa shape index (κ1) is 17.3. The Morgan fingerprint density at radius 1 is 0.964 bits per heavy atom. The fourth-order valence-corrected chi connectivity index (χ4v) is 4.56. The third kappa shape index (κ3) is 2.85. The molecule has 142 valence electrons. The van der Waals surface area contributed by atoms with Gasteiger partial charge in [-0.05, 0) is 37.1 Å². The SMILES string of the molecule is O=c1c(-c2ccccc2)nnc2n1CCC21CCN(Cc2ccc(F)cc2)C1. The average molecular weight is 376 g/mol. The standard InChI is InChI=1S/C22H21FN4O/c23-18-8-6-16(7-9-18)14-26-12-10-22(15-26)11-13-27-20(28)19(24-25-21(22)27)17-4-2-1-3-5-17/h1-9H,10-15H2. The molecule has 0 radical (unpaired) electrons. The summed E-state index contributed by atoms with van der Waals surface area (Å²) in [7, 11) is 0. The van der Waals surface area contributed by atoms with Gasteiger partial charge in [0.1, 0.15) is 11.6 Å². The van der Waals surface area contributed by atoms with Crippen molar-refractivity contribution in [1.82, 2.24) is 19.7 Å². The zero-order chi connectivity index (χ0) is 19.1. The number of benzene rings is 2. The highest BCUT2D eigenvalue weighted by molar-refractivity contribution is 5.57. The fraction of sp³-hybridized carbons (Fsp3) is 0.318. The topological polar surface area (TPSA) is 51.0 Å². The van der Waals surface area contributed by atoms with Crippen molar-refractivity contribution < 1.29 is 4.39 Å². The normalized spacial score (nSPS) is 21.3. The summed E-state index contributed by atoms with van der Waals surface area (Å²) >= 11 is 0. The maximum Gasteiger partial charge on any atom is 0.280 e. The van der Waals surface area contributed by atoms with Gasteiger partial charge in [-0.3, -0.25) is 14.3 Å². The predicted molar refractivity (Wildman–Crippen MR) is 104 cm³/mol. The highest BCUT2D eigenvalue weighted by Crippen LogP contribution is 2.41. The summed E-state index contributed by atoms with van der Waals surface area (Å²) in [5.41, 5.74) is 2.16. The van der Waals surface area contributed by atoms with Gasteiger partial charge in [-0.2, -0.15) is 0 Å². The summed E-state index contributed by atoms with van der Waals surface area (Å²) in [6, 6.07) is 16.2. The van der Waals surface area contributed by atoms with E-state index in [9.17, 15) is 9.18 Å². The van der Waals surface area contributed by atoms with Crippen LogP contribution in [0.25, 0.3) is 11.3 Å². The van der Waals surface area contributed by atoms with Crippen molar-refractivity contribution in [2.75, 3.05) is 13.1 Å². The first-order valence-electron chi connectivity index (χ1n) is 9.65. The second-order valence-corrected chi connectivity index (χ2v) is 7.81. The van der Waals surface area contributed by atoms with Crippen molar-refractivity contribution in [1.29, 1.82) is 0 Å². The van der Waals surface area contributed by atoms with E-state index in [0.717, 1.165) is 49.4 Å². The van der Waals surface area contributed by atoms with Gasteiger partial charge in [0, 0.05) is 30.6 Å². The van der Waals surface area contributed by atoms with Crippen LogP contribution >= 0.6 is 0 Å². The molecule has 1 aromatic heterocycles. The second kappa shape index (κ2) is 6.63. The quantitative estimate of drug-likeness (QED) is 0.705. The van der Waals surface area contributed by atoms with Gasteiger partial charge in [0.25, 0.3) is 5.56 Å². The molecule has 1 saturated heterocycles. The van der Waals surface area contributed by atoms with E-state index in [4.69, 9.17) is 0 Å². The van der Waals surface area contributed by atoms with Crippen molar-refractivity contribution in [2.45, 2.75) is 31.3 Å². The summed E-state index contributed by atoms with van der Waals surface area (Å²) in [4.78, 5) is 15.4. The Morgan fingerprint density at radius 2 is 1.71 bits per heavy atom. The highest BCUT2D eigenvalue weighted by atomic mass is 19.1. The molecule has 5 rings (SSSR count). The lowest BCUT2D eigenvalue weighted by molar-refractivity contribution is 0.299. The van der Waals surface area contributed by atoms with E-state index >= 15 is 0 Å². The summed E-state index contributed by atoms with van der Waals surface area (Å²) in [6.45, 7) is 3.26. The second-order valence-electron chi connectivity index (χ2n) is 7.81. The van der Waals surface area contributed by atoms with Crippen LogP contribution in [0, 0.1) is 5.82 Å². The minimum Gasteiger partial charge on any atom is -0.298 e. The first-order valence-corrected chi connectivity index (χ1v) is 9.65. The molecule has 5 nitrogen and oxygen atoms in total. The Labute approximate surface area is 162 Å². The first-order chi connectivity index (χ1) is 13.6. The molecule has 0 saturated carbocycles. The molecule has 0 amide bonds. The fourth-order valence-electron chi connectivity index (χ4n) is 4.56. The van der Waals surface area contributed by atoms with E-state index < -0.39 is 0 Å². The van der Waals surface area contributed by atoms with Crippen LogP contribution in [-0.4, -0.2) is 32.8 Å². The summed E-state index contributed by atoms with van der Waals surface area (Å²) in [5, 5.41) is 8.84. The van der Waals surface area contributed by atoms with Gasteiger partial charge >= 0.3 is 0 Å². The molecule has 1 atom stereocenters. The van der Waals surface area contributed by atoms with E-state index in [1.165, 1.54) is 12.1 Å². The summed E-state index contributed by atoms with van der Waals surface area (Å²) in [5.74, 6) is 0.606. The molecule has 2 aromatic carbocycles. The Morgan fingerprint density at radius 3 is 2.50 bits per heavy atom. The molecule has 3 aromatic rings. The number of hydrogen-bond donors (Lipinski definition) is 0. The largest absolute Gasteiger partial charge is 0.298 e. The van der Waals surface area contributed by atoms with Crippen molar-refractivity contribution in [3.05, 3.63) is 82.2 Å². The molecule has 28 heavy (non-hydrogen) atoms. The van der Waals surface area contributed by atoms with Crippen LogP contribution in [0.15, 0.2) is 59.4 Å². The molecule has 0 bridgehead atoms. The number of likely N-dealkylation sites (tertiary alicyclic amines) is 1. The minimum atomic E-state index is -0.213. The van der Waals surface area contributed by atoms with Gasteiger partial charge in [-0.25, -0.2) is 4.39 Å². The van der Waals surface area contributed by atoms with E-state index in [1.54, 1.807) is 0 Å². The Kier molecular flexibility index (Phi) is 4.09. The van der Waals surface area contributed by atoms with E-state index in [2.05, 4.69) is 15.1 Å². The third-order valence-electron chi connectivity index (χ3n) is 6.04. The lowest BCUT2D eigenvalue weighted by Crippen LogP contribution is -2.33. The van der Waals surface area contributed by atoms with Crippen molar-refractivity contribution in [3.63, 3.8) is 0 Å². The van der Waals surface area contributed by atoms with E-state index in [1.807, 2.05) is 47.0 Å².